The first kappa shape index (κ1) is 17.3. The summed E-state index contributed by atoms with van der Waals surface area (Å²) in [5.74, 6) is 3.47. The van der Waals surface area contributed by atoms with E-state index in [1.807, 2.05) is 24.4 Å². The SMILES string of the molecule is c1c[nH]c(CNC[C@H]2Cn3cc(-c4ccc5c(c4)OCCCO5)nc3CO2)n1. The van der Waals surface area contributed by atoms with Gasteiger partial charge in [-0.3, -0.25) is 0 Å². The molecule has 2 aromatic heterocycles. The summed E-state index contributed by atoms with van der Waals surface area (Å²) in [6.07, 6.45) is 6.68. The second kappa shape index (κ2) is 7.65. The van der Waals surface area contributed by atoms with Crippen molar-refractivity contribution in [2.45, 2.75) is 32.2 Å². The molecule has 2 N–H and O–H groups in total. The van der Waals surface area contributed by atoms with Crippen molar-refractivity contribution in [3.8, 4) is 22.8 Å². The zero-order valence-electron chi connectivity index (χ0n) is 15.6. The minimum Gasteiger partial charge on any atom is -0.490 e. The molecule has 0 bridgehead atoms. The fourth-order valence-electron chi connectivity index (χ4n) is 3.52. The maximum absolute atomic E-state index is 5.96. The number of nitrogens with zero attached hydrogens (tertiary/aromatic N) is 3. The number of hydrogen-bond donors (Lipinski definition) is 2. The van der Waals surface area contributed by atoms with Crippen LogP contribution in [-0.4, -0.2) is 45.4 Å². The van der Waals surface area contributed by atoms with Crippen molar-refractivity contribution in [3.05, 3.63) is 48.4 Å². The number of imidazole rings is 2. The number of fused-ring (bicyclic) bond motifs is 2. The van der Waals surface area contributed by atoms with Gasteiger partial charge in [-0.15, -0.1) is 0 Å². The number of H-pyrrole nitrogens is 1. The van der Waals surface area contributed by atoms with Gasteiger partial charge in [0.25, 0.3) is 0 Å². The lowest BCUT2D eigenvalue weighted by Crippen LogP contribution is -2.36. The van der Waals surface area contributed by atoms with E-state index < -0.39 is 0 Å². The lowest BCUT2D eigenvalue weighted by atomic mass is 10.1. The van der Waals surface area contributed by atoms with Gasteiger partial charge >= 0.3 is 0 Å². The molecule has 0 spiro atoms. The van der Waals surface area contributed by atoms with Gasteiger partial charge in [-0.05, 0) is 18.2 Å². The smallest absolute Gasteiger partial charge is 0.161 e. The van der Waals surface area contributed by atoms with Gasteiger partial charge in [-0.1, -0.05) is 0 Å². The summed E-state index contributed by atoms with van der Waals surface area (Å²) in [6.45, 7) is 4.12. The third kappa shape index (κ3) is 3.61. The number of benzene rings is 1. The normalized spacial score (nSPS) is 18.5. The summed E-state index contributed by atoms with van der Waals surface area (Å²) < 4.78 is 19.7. The summed E-state index contributed by atoms with van der Waals surface area (Å²) in [5, 5.41) is 3.38. The molecule has 4 heterocycles. The number of aromatic amines is 1. The number of nitrogens with one attached hydrogen (secondary N) is 2. The van der Waals surface area contributed by atoms with Crippen LogP contribution in [0.15, 0.2) is 36.8 Å². The van der Waals surface area contributed by atoms with Crippen molar-refractivity contribution in [1.82, 2.24) is 24.8 Å². The molecular formula is C20H23N5O3. The summed E-state index contributed by atoms with van der Waals surface area (Å²) in [4.78, 5) is 12.1. The Morgan fingerprint density at radius 2 is 2.14 bits per heavy atom. The predicted octanol–water partition coefficient (Wildman–Crippen LogP) is 2.12. The molecule has 0 aliphatic carbocycles. The van der Waals surface area contributed by atoms with Gasteiger partial charge in [-0.2, -0.15) is 0 Å². The Morgan fingerprint density at radius 3 is 3.04 bits per heavy atom. The van der Waals surface area contributed by atoms with Crippen LogP contribution in [0.25, 0.3) is 11.3 Å². The summed E-state index contributed by atoms with van der Waals surface area (Å²) >= 11 is 0. The Morgan fingerprint density at radius 1 is 1.21 bits per heavy atom. The molecule has 5 rings (SSSR count). The Balaban J connectivity index is 1.26. The van der Waals surface area contributed by atoms with E-state index in [1.54, 1.807) is 6.20 Å². The van der Waals surface area contributed by atoms with E-state index in [0.29, 0.717) is 26.4 Å². The molecule has 0 radical (unpaired) electrons. The van der Waals surface area contributed by atoms with Crippen LogP contribution in [0.3, 0.4) is 0 Å². The maximum Gasteiger partial charge on any atom is 0.161 e. The lowest BCUT2D eigenvalue weighted by Gasteiger charge is -2.24. The molecule has 0 amide bonds. The van der Waals surface area contributed by atoms with Crippen LogP contribution in [0.2, 0.25) is 0 Å². The van der Waals surface area contributed by atoms with E-state index in [9.17, 15) is 0 Å². The van der Waals surface area contributed by atoms with Crippen LogP contribution >= 0.6 is 0 Å². The van der Waals surface area contributed by atoms with Gasteiger partial charge in [0.15, 0.2) is 11.5 Å². The zero-order chi connectivity index (χ0) is 18.8. The van der Waals surface area contributed by atoms with Gasteiger partial charge < -0.3 is 29.1 Å². The highest BCUT2D eigenvalue weighted by Gasteiger charge is 2.22. The van der Waals surface area contributed by atoms with E-state index >= 15 is 0 Å². The summed E-state index contributed by atoms with van der Waals surface area (Å²) in [5.41, 5.74) is 1.96. The van der Waals surface area contributed by atoms with Gasteiger partial charge in [0.2, 0.25) is 0 Å². The van der Waals surface area contributed by atoms with Gasteiger partial charge in [0.1, 0.15) is 18.3 Å². The van der Waals surface area contributed by atoms with Gasteiger partial charge in [-0.25, -0.2) is 9.97 Å². The molecule has 3 aromatic rings. The van der Waals surface area contributed by atoms with Crippen LogP contribution in [0, 0.1) is 0 Å². The van der Waals surface area contributed by atoms with E-state index in [2.05, 4.69) is 26.0 Å². The predicted molar refractivity (Wildman–Crippen MR) is 102 cm³/mol. The summed E-state index contributed by atoms with van der Waals surface area (Å²) in [7, 11) is 0. The standard InChI is InChI=1S/C20H23N5O3/c1-6-26-17-3-2-14(8-18(17)27-7-1)16-12-25-11-15(28-13-20(25)24-16)9-21-10-19-22-4-5-23-19/h2-5,8,12,15,21H,1,6-7,9-11,13H2,(H,22,23)/t15-/m0/s1. The minimum atomic E-state index is 0.105. The minimum absolute atomic E-state index is 0.105. The lowest BCUT2D eigenvalue weighted by molar-refractivity contribution is 0.00271. The Bertz CT molecular complexity index is 937. The molecule has 146 valence electrons. The first-order valence-electron chi connectivity index (χ1n) is 9.62. The van der Waals surface area contributed by atoms with Crippen LogP contribution in [0.5, 0.6) is 11.5 Å². The number of ether oxygens (including phenoxy) is 3. The third-order valence-electron chi connectivity index (χ3n) is 4.97. The monoisotopic (exact) mass is 381 g/mol. The van der Waals surface area contributed by atoms with Crippen LogP contribution < -0.4 is 14.8 Å². The molecule has 0 saturated heterocycles. The van der Waals surface area contributed by atoms with Crippen LogP contribution in [-0.2, 0) is 24.4 Å². The maximum atomic E-state index is 5.96. The van der Waals surface area contributed by atoms with Gasteiger partial charge in [0.05, 0.1) is 38.1 Å². The fraction of sp³-hybridized carbons (Fsp3) is 0.400. The van der Waals surface area contributed by atoms with Gasteiger partial charge in [0, 0.05) is 37.1 Å². The topological polar surface area (TPSA) is 86.2 Å². The Kier molecular flexibility index (Phi) is 4.72. The number of aromatic nitrogens is 4. The second-order valence-corrected chi connectivity index (χ2v) is 7.01. The molecule has 2 aliphatic heterocycles. The fourth-order valence-corrected chi connectivity index (χ4v) is 3.52. The molecule has 0 unspecified atom stereocenters. The van der Waals surface area contributed by atoms with Crippen molar-refractivity contribution in [3.63, 3.8) is 0 Å². The van der Waals surface area contributed by atoms with Crippen molar-refractivity contribution < 1.29 is 14.2 Å². The molecule has 8 nitrogen and oxygen atoms in total. The van der Waals surface area contributed by atoms with Crippen LogP contribution in [0.4, 0.5) is 0 Å². The molecule has 0 fully saturated rings. The van der Waals surface area contributed by atoms with Crippen molar-refractivity contribution in [1.29, 1.82) is 0 Å². The van der Waals surface area contributed by atoms with Crippen LogP contribution in [0.1, 0.15) is 18.1 Å². The first-order chi connectivity index (χ1) is 13.8. The summed E-state index contributed by atoms with van der Waals surface area (Å²) in [6, 6.07) is 6.01. The van der Waals surface area contributed by atoms with Crippen molar-refractivity contribution >= 4 is 0 Å². The third-order valence-corrected chi connectivity index (χ3v) is 4.97. The largest absolute Gasteiger partial charge is 0.490 e. The average Bonchev–Trinajstić information content (AvgIpc) is 3.32. The van der Waals surface area contributed by atoms with E-state index in [0.717, 1.165) is 53.9 Å². The average molecular weight is 381 g/mol. The molecule has 28 heavy (non-hydrogen) atoms. The Labute approximate surface area is 162 Å². The first-order valence-corrected chi connectivity index (χ1v) is 9.62. The quantitative estimate of drug-likeness (QED) is 0.704. The highest BCUT2D eigenvalue weighted by atomic mass is 16.5. The van der Waals surface area contributed by atoms with E-state index in [4.69, 9.17) is 19.2 Å². The molecule has 0 saturated carbocycles. The number of hydrogen-bond acceptors (Lipinski definition) is 6. The number of rotatable bonds is 5. The van der Waals surface area contributed by atoms with E-state index in [-0.39, 0.29) is 6.10 Å². The molecule has 2 aliphatic rings. The highest BCUT2D eigenvalue weighted by molar-refractivity contribution is 5.64. The second-order valence-electron chi connectivity index (χ2n) is 7.01. The van der Waals surface area contributed by atoms with Crippen molar-refractivity contribution in [2.75, 3.05) is 19.8 Å². The molecule has 1 aromatic carbocycles. The Hall–Kier alpha value is -2.84. The zero-order valence-corrected chi connectivity index (χ0v) is 15.6. The molecular weight excluding hydrogens is 358 g/mol. The molecule has 1 atom stereocenters. The van der Waals surface area contributed by atoms with Crippen molar-refractivity contribution in [2.24, 2.45) is 0 Å². The highest BCUT2D eigenvalue weighted by Crippen LogP contribution is 2.34. The molecule has 8 heteroatoms. The van der Waals surface area contributed by atoms with E-state index in [1.165, 1.54) is 0 Å².